The highest BCUT2D eigenvalue weighted by Crippen LogP contribution is 2.23. The number of hydrogen-bond acceptors (Lipinski definition) is 3. The monoisotopic (exact) mass is 298 g/mol. The molecule has 2 nitrogen and oxygen atoms in total. The van der Waals surface area contributed by atoms with Gasteiger partial charge in [-0.3, -0.25) is 0 Å². The molecule has 0 saturated heterocycles. The second-order valence-electron chi connectivity index (χ2n) is 4.35. The summed E-state index contributed by atoms with van der Waals surface area (Å²) in [5.41, 5.74) is 1.93. The third-order valence-electron chi connectivity index (χ3n) is 2.88. The highest BCUT2D eigenvalue weighted by Gasteiger charge is 2.14. The Kier molecular flexibility index (Phi) is 4.91. The Morgan fingerprint density at radius 2 is 2.26 bits per heavy atom. The molecule has 0 bridgehead atoms. The fourth-order valence-electron chi connectivity index (χ4n) is 1.99. The Labute approximate surface area is 121 Å². The minimum absolute atomic E-state index is 0.0540. The molecule has 19 heavy (non-hydrogen) atoms. The quantitative estimate of drug-likeness (QED) is 0.897. The first-order valence-electron chi connectivity index (χ1n) is 6.19. The number of thiazole rings is 1. The van der Waals surface area contributed by atoms with E-state index in [-0.39, 0.29) is 16.9 Å². The minimum Gasteiger partial charge on any atom is -0.310 e. The Morgan fingerprint density at radius 3 is 2.84 bits per heavy atom. The normalized spacial score (nSPS) is 12.6. The van der Waals surface area contributed by atoms with Crippen LogP contribution in [0.25, 0.3) is 0 Å². The summed E-state index contributed by atoms with van der Waals surface area (Å²) in [5, 5.41) is 6.61. The van der Waals surface area contributed by atoms with Gasteiger partial charge in [0.15, 0.2) is 0 Å². The molecule has 0 radical (unpaired) electrons. The third kappa shape index (κ3) is 3.75. The summed E-state index contributed by atoms with van der Waals surface area (Å²) in [6.45, 7) is 4.84. The fourth-order valence-corrected chi connectivity index (χ4v) is 2.74. The zero-order valence-electron chi connectivity index (χ0n) is 10.9. The van der Waals surface area contributed by atoms with Crippen molar-refractivity contribution in [3.05, 3.63) is 50.7 Å². The van der Waals surface area contributed by atoms with Crippen LogP contribution < -0.4 is 5.32 Å². The van der Waals surface area contributed by atoms with Gasteiger partial charge in [-0.25, -0.2) is 9.37 Å². The Hall–Kier alpha value is -0.970. The average Bonchev–Trinajstić information content (AvgIpc) is 2.78. The summed E-state index contributed by atoms with van der Waals surface area (Å²) in [7, 11) is 0. The molecule has 0 saturated carbocycles. The van der Waals surface area contributed by atoms with E-state index in [4.69, 9.17) is 11.6 Å². The van der Waals surface area contributed by atoms with Gasteiger partial charge in [0.1, 0.15) is 5.82 Å². The van der Waals surface area contributed by atoms with Gasteiger partial charge >= 0.3 is 0 Å². The highest BCUT2D eigenvalue weighted by atomic mass is 35.5. The van der Waals surface area contributed by atoms with Gasteiger partial charge < -0.3 is 5.32 Å². The standard InChI is InChI=1S/C14H16ClFN2S/c1-3-17-14(7-11-8-19-9(2)18-11)10-4-5-12(15)13(16)6-10/h4-6,8,14,17H,3,7H2,1-2H3. The maximum atomic E-state index is 13.5. The molecular weight excluding hydrogens is 283 g/mol. The number of benzene rings is 1. The molecule has 1 heterocycles. The molecule has 1 N–H and O–H groups in total. The van der Waals surface area contributed by atoms with Crippen LogP contribution in [-0.4, -0.2) is 11.5 Å². The smallest absolute Gasteiger partial charge is 0.142 e. The zero-order chi connectivity index (χ0) is 13.8. The van der Waals surface area contributed by atoms with E-state index in [0.29, 0.717) is 0 Å². The highest BCUT2D eigenvalue weighted by molar-refractivity contribution is 7.09. The van der Waals surface area contributed by atoms with Gasteiger partial charge in [0.2, 0.25) is 0 Å². The van der Waals surface area contributed by atoms with Gasteiger partial charge in [-0.2, -0.15) is 0 Å². The van der Waals surface area contributed by atoms with E-state index in [1.54, 1.807) is 17.4 Å². The molecule has 1 atom stereocenters. The fraction of sp³-hybridized carbons (Fsp3) is 0.357. The molecule has 0 aliphatic rings. The molecule has 102 valence electrons. The number of nitrogens with zero attached hydrogens (tertiary/aromatic N) is 1. The molecule has 2 aromatic rings. The van der Waals surface area contributed by atoms with Crippen molar-refractivity contribution in [2.24, 2.45) is 0 Å². The largest absolute Gasteiger partial charge is 0.310 e. The number of nitrogens with one attached hydrogen (secondary N) is 1. The van der Waals surface area contributed by atoms with Gasteiger partial charge in [-0.05, 0) is 31.2 Å². The molecule has 0 amide bonds. The first-order valence-corrected chi connectivity index (χ1v) is 7.45. The first-order chi connectivity index (χ1) is 9.10. The van der Waals surface area contributed by atoms with Crippen LogP contribution in [0.1, 0.15) is 29.2 Å². The maximum Gasteiger partial charge on any atom is 0.142 e. The van der Waals surface area contributed by atoms with Crippen LogP contribution >= 0.6 is 22.9 Å². The molecule has 0 fully saturated rings. The van der Waals surface area contributed by atoms with E-state index in [2.05, 4.69) is 10.3 Å². The molecule has 0 aliphatic heterocycles. The van der Waals surface area contributed by atoms with Crippen LogP contribution in [0, 0.1) is 12.7 Å². The van der Waals surface area contributed by atoms with E-state index in [1.165, 1.54) is 6.07 Å². The number of rotatable bonds is 5. The van der Waals surface area contributed by atoms with Gasteiger partial charge in [-0.15, -0.1) is 11.3 Å². The summed E-state index contributed by atoms with van der Waals surface area (Å²) >= 11 is 7.35. The van der Waals surface area contributed by atoms with E-state index in [1.807, 2.05) is 25.3 Å². The molecule has 5 heteroatoms. The maximum absolute atomic E-state index is 13.5. The van der Waals surface area contributed by atoms with Gasteiger partial charge in [0.25, 0.3) is 0 Å². The van der Waals surface area contributed by atoms with Crippen molar-refractivity contribution in [2.75, 3.05) is 6.54 Å². The number of aromatic nitrogens is 1. The Bertz CT molecular complexity index is 556. The molecule has 2 rings (SSSR count). The lowest BCUT2D eigenvalue weighted by molar-refractivity contribution is 0.538. The number of hydrogen-bond donors (Lipinski definition) is 1. The topological polar surface area (TPSA) is 24.9 Å². The van der Waals surface area contributed by atoms with Gasteiger partial charge in [0.05, 0.1) is 15.7 Å². The van der Waals surface area contributed by atoms with Crippen LogP contribution in [0.5, 0.6) is 0 Å². The van der Waals surface area contributed by atoms with E-state index in [0.717, 1.165) is 29.2 Å². The Balaban J connectivity index is 2.21. The zero-order valence-corrected chi connectivity index (χ0v) is 12.5. The van der Waals surface area contributed by atoms with Crippen molar-refractivity contribution in [1.29, 1.82) is 0 Å². The lowest BCUT2D eigenvalue weighted by Gasteiger charge is -2.17. The van der Waals surface area contributed by atoms with Crippen LogP contribution in [0.15, 0.2) is 23.6 Å². The second-order valence-corrected chi connectivity index (χ2v) is 5.82. The van der Waals surface area contributed by atoms with E-state index < -0.39 is 0 Å². The molecule has 1 aromatic carbocycles. The SMILES string of the molecule is CCNC(Cc1csc(C)n1)c1ccc(Cl)c(F)c1. The summed E-state index contributed by atoms with van der Waals surface area (Å²) in [4.78, 5) is 4.46. The molecule has 0 spiro atoms. The number of aryl methyl sites for hydroxylation is 1. The van der Waals surface area contributed by atoms with Crippen molar-refractivity contribution < 1.29 is 4.39 Å². The van der Waals surface area contributed by atoms with Crippen molar-refractivity contribution in [3.63, 3.8) is 0 Å². The van der Waals surface area contributed by atoms with Crippen LogP contribution in [0.3, 0.4) is 0 Å². The molecule has 1 aromatic heterocycles. The van der Waals surface area contributed by atoms with E-state index >= 15 is 0 Å². The summed E-state index contributed by atoms with van der Waals surface area (Å²) in [5.74, 6) is -0.378. The number of halogens is 2. The minimum atomic E-state index is -0.378. The summed E-state index contributed by atoms with van der Waals surface area (Å²) in [6.07, 6.45) is 0.749. The summed E-state index contributed by atoms with van der Waals surface area (Å²) < 4.78 is 13.5. The lowest BCUT2D eigenvalue weighted by atomic mass is 10.0. The predicted molar refractivity (Wildman–Crippen MR) is 78.4 cm³/mol. The predicted octanol–water partition coefficient (Wildman–Crippen LogP) is 4.14. The van der Waals surface area contributed by atoms with Crippen molar-refractivity contribution in [3.8, 4) is 0 Å². The third-order valence-corrected chi connectivity index (χ3v) is 4.01. The number of likely N-dealkylation sites (N-methyl/N-ethyl adjacent to an activating group) is 1. The molecule has 0 aliphatic carbocycles. The lowest BCUT2D eigenvalue weighted by Crippen LogP contribution is -2.23. The molecule has 1 unspecified atom stereocenters. The van der Waals surface area contributed by atoms with Crippen molar-refractivity contribution in [1.82, 2.24) is 10.3 Å². The second kappa shape index (κ2) is 6.46. The summed E-state index contributed by atoms with van der Waals surface area (Å²) in [6, 6.07) is 5.01. The van der Waals surface area contributed by atoms with Gasteiger partial charge in [0, 0.05) is 17.8 Å². The Morgan fingerprint density at radius 1 is 1.47 bits per heavy atom. The first kappa shape index (κ1) is 14.4. The van der Waals surface area contributed by atoms with Crippen LogP contribution in [0.2, 0.25) is 5.02 Å². The van der Waals surface area contributed by atoms with Crippen molar-refractivity contribution >= 4 is 22.9 Å². The average molecular weight is 299 g/mol. The van der Waals surface area contributed by atoms with E-state index in [9.17, 15) is 4.39 Å². The van der Waals surface area contributed by atoms with Crippen molar-refractivity contribution in [2.45, 2.75) is 26.3 Å². The molecular formula is C14H16ClFN2S. The van der Waals surface area contributed by atoms with Crippen LogP contribution in [-0.2, 0) is 6.42 Å². The van der Waals surface area contributed by atoms with Gasteiger partial charge in [-0.1, -0.05) is 24.6 Å². The van der Waals surface area contributed by atoms with Crippen LogP contribution in [0.4, 0.5) is 4.39 Å².